The van der Waals surface area contributed by atoms with Gasteiger partial charge in [-0.1, -0.05) is 0 Å². The molecule has 98 valence electrons. The van der Waals surface area contributed by atoms with Gasteiger partial charge in [-0.25, -0.2) is 9.48 Å². The van der Waals surface area contributed by atoms with Crippen molar-refractivity contribution in [3.05, 3.63) is 6.33 Å². The van der Waals surface area contributed by atoms with Crippen molar-refractivity contribution in [2.24, 2.45) is 0 Å². The number of esters is 1. The zero-order valence-corrected chi connectivity index (χ0v) is 9.85. The molecule has 9 heteroatoms. The Morgan fingerprint density at radius 1 is 1.56 bits per heavy atom. The first-order chi connectivity index (χ1) is 8.72. The molecule has 0 spiro atoms. The van der Waals surface area contributed by atoms with Crippen LogP contribution in [0.4, 0.5) is 0 Å². The molecule has 0 N–H and O–H groups in total. The van der Waals surface area contributed by atoms with Gasteiger partial charge < -0.3 is 14.4 Å². The van der Waals surface area contributed by atoms with Crippen LogP contribution >= 0.6 is 0 Å². The molecule has 1 amide bonds. The van der Waals surface area contributed by atoms with Crippen LogP contribution in [0.3, 0.4) is 0 Å². The Morgan fingerprint density at radius 2 is 2.39 bits per heavy atom. The second kappa shape index (κ2) is 5.54. The molecule has 1 saturated heterocycles. The first-order valence-electron chi connectivity index (χ1n) is 5.38. The molecule has 0 aromatic carbocycles. The van der Waals surface area contributed by atoms with Crippen LogP contribution in [0.15, 0.2) is 6.33 Å². The smallest absolute Gasteiger partial charge is 0.331 e. The van der Waals surface area contributed by atoms with Gasteiger partial charge in [-0.15, -0.1) is 5.10 Å². The highest BCUT2D eigenvalue weighted by atomic mass is 16.5. The van der Waals surface area contributed by atoms with E-state index in [0.717, 1.165) is 0 Å². The van der Waals surface area contributed by atoms with Crippen molar-refractivity contribution in [2.45, 2.75) is 12.6 Å². The molecule has 1 atom stereocenters. The van der Waals surface area contributed by atoms with Gasteiger partial charge >= 0.3 is 5.97 Å². The second-order valence-corrected chi connectivity index (χ2v) is 3.71. The Labute approximate surface area is 103 Å². The van der Waals surface area contributed by atoms with E-state index in [9.17, 15) is 9.59 Å². The SMILES string of the molecule is COC(=O)C1COCCN1C(=O)Cn1cnnn1. The van der Waals surface area contributed by atoms with Crippen LogP contribution in [0.25, 0.3) is 0 Å². The van der Waals surface area contributed by atoms with E-state index in [-0.39, 0.29) is 19.1 Å². The minimum atomic E-state index is -0.701. The summed E-state index contributed by atoms with van der Waals surface area (Å²) in [5.74, 6) is -0.735. The van der Waals surface area contributed by atoms with Crippen LogP contribution in [0, 0.1) is 0 Å². The molecule has 0 saturated carbocycles. The van der Waals surface area contributed by atoms with Gasteiger partial charge in [0.1, 0.15) is 12.9 Å². The number of amides is 1. The van der Waals surface area contributed by atoms with E-state index in [1.54, 1.807) is 0 Å². The zero-order chi connectivity index (χ0) is 13.0. The van der Waals surface area contributed by atoms with Gasteiger partial charge in [-0.3, -0.25) is 4.79 Å². The van der Waals surface area contributed by atoms with Gasteiger partial charge in [-0.2, -0.15) is 0 Å². The highest BCUT2D eigenvalue weighted by Gasteiger charge is 2.33. The molecule has 2 heterocycles. The lowest BCUT2D eigenvalue weighted by molar-refractivity contribution is -0.161. The Kier molecular flexibility index (Phi) is 3.82. The molecule has 1 aromatic rings. The maximum Gasteiger partial charge on any atom is 0.331 e. The number of tetrazole rings is 1. The van der Waals surface area contributed by atoms with Crippen molar-refractivity contribution in [2.75, 3.05) is 26.9 Å². The summed E-state index contributed by atoms with van der Waals surface area (Å²) in [6.07, 6.45) is 1.34. The Balaban J connectivity index is 2.04. The lowest BCUT2D eigenvalue weighted by atomic mass is 10.2. The number of morpholine rings is 1. The number of aromatic nitrogens is 4. The first-order valence-corrected chi connectivity index (χ1v) is 5.38. The number of carbonyl (C=O) groups is 2. The Morgan fingerprint density at radius 3 is 3.06 bits per heavy atom. The van der Waals surface area contributed by atoms with Crippen molar-refractivity contribution in [1.29, 1.82) is 0 Å². The van der Waals surface area contributed by atoms with Crippen molar-refractivity contribution in [3.8, 4) is 0 Å². The minimum Gasteiger partial charge on any atom is -0.467 e. The van der Waals surface area contributed by atoms with E-state index >= 15 is 0 Å². The second-order valence-electron chi connectivity index (χ2n) is 3.71. The standard InChI is InChI=1S/C9H13N5O4/c1-17-9(16)7-5-18-3-2-14(7)8(15)4-13-6-10-11-12-13/h6-7H,2-5H2,1H3. The van der Waals surface area contributed by atoms with E-state index in [1.165, 1.54) is 23.0 Å². The molecule has 2 rings (SSSR count). The third kappa shape index (κ3) is 2.62. The van der Waals surface area contributed by atoms with Crippen LogP contribution in [0.1, 0.15) is 0 Å². The number of methoxy groups -OCH3 is 1. The number of ether oxygens (including phenoxy) is 2. The molecule has 0 bridgehead atoms. The van der Waals surface area contributed by atoms with Gasteiger partial charge in [0.05, 0.1) is 20.3 Å². The van der Waals surface area contributed by atoms with E-state index in [2.05, 4.69) is 20.3 Å². The minimum absolute atomic E-state index is 0.0134. The van der Waals surface area contributed by atoms with Crippen molar-refractivity contribution < 1.29 is 19.1 Å². The molecule has 1 unspecified atom stereocenters. The fraction of sp³-hybridized carbons (Fsp3) is 0.667. The van der Waals surface area contributed by atoms with Crippen molar-refractivity contribution in [3.63, 3.8) is 0 Å². The fourth-order valence-corrected chi connectivity index (χ4v) is 1.72. The highest BCUT2D eigenvalue weighted by molar-refractivity contribution is 5.84. The molecule has 1 aliphatic heterocycles. The quantitative estimate of drug-likeness (QED) is 0.580. The number of rotatable bonds is 3. The van der Waals surface area contributed by atoms with Crippen LogP contribution in [0.2, 0.25) is 0 Å². The molecular formula is C9H13N5O4. The summed E-state index contributed by atoms with van der Waals surface area (Å²) in [6, 6.07) is -0.701. The Bertz CT molecular complexity index is 421. The van der Waals surface area contributed by atoms with Gasteiger partial charge in [0.2, 0.25) is 5.91 Å². The highest BCUT2D eigenvalue weighted by Crippen LogP contribution is 2.09. The molecule has 0 aliphatic carbocycles. The molecule has 1 aliphatic rings. The first kappa shape index (κ1) is 12.4. The molecular weight excluding hydrogens is 242 g/mol. The van der Waals surface area contributed by atoms with E-state index in [4.69, 9.17) is 4.74 Å². The van der Waals surface area contributed by atoms with Crippen LogP contribution in [0.5, 0.6) is 0 Å². The molecule has 18 heavy (non-hydrogen) atoms. The largest absolute Gasteiger partial charge is 0.467 e. The predicted molar refractivity (Wildman–Crippen MR) is 56.2 cm³/mol. The van der Waals surface area contributed by atoms with Gasteiger partial charge in [0.15, 0.2) is 6.04 Å². The van der Waals surface area contributed by atoms with Crippen LogP contribution < -0.4 is 0 Å². The summed E-state index contributed by atoms with van der Waals surface area (Å²) in [5, 5.41) is 10.5. The predicted octanol–water partition coefficient (Wildman–Crippen LogP) is -1.93. The topological polar surface area (TPSA) is 99.4 Å². The summed E-state index contributed by atoms with van der Waals surface area (Å²) < 4.78 is 11.1. The number of nitrogens with zero attached hydrogens (tertiary/aromatic N) is 5. The number of hydrogen-bond acceptors (Lipinski definition) is 7. The summed E-state index contributed by atoms with van der Waals surface area (Å²) in [7, 11) is 1.28. The number of hydrogen-bond donors (Lipinski definition) is 0. The average molecular weight is 255 g/mol. The van der Waals surface area contributed by atoms with Crippen LogP contribution in [-0.4, -0.2) is 69.9 Å². The van der Waals surface area contributed by atoms with E-state index in [0.29, 0.717) is 13.2 Å². The van der Waals surface area contributed by atoms with Gasteiger partial charge in [-0.05, 0) is 10.4 Å². The third-order valence-electron chi connectivity index (χ3n) is 2.61. The maximum atomic E-state index is 12.0. The normalized spacial score (nSPS) is 19.6. The summed E-state index contributed by atoms with van der Waals surface area (Å²) in [4.78, 5) is 25.0. The molecule has 0 radical (unpaired) electrons. The fourth-order valence-electron chi connectivity index (χ4n) is 1.72. The van der Waals surface area contributed by atoms with E-state index < -0.39 is 12.0 Å². The van der Waals surface area contributed by atoms with Gasteiger partial charge in [0, 0.05) is 6.54 Å². The molecule has 1 fully saturated rings. The summed E-state index contributed by atoms with van der Waals surface area (Å²) >= 11 is 0. The maximum absolute atomic E-state index is 12.0. The van der Waals surface area contributed by atoms with E-state index in [1.807, 2.05) is 0 Å². The lowest BCUT2D eigenvalue weighted by Crippen LogP contribution is -2.53. The Hall–Kier alpha value is -2.03. The monoisotopic (exact) mass is 255 g/mol. The number of carbonyl (C=O) groups excluding carboxylic acids is 2. The van der Waals surface area contributed by atoms with Crippen LogP contribution in [-0.2, 0) is 25.6 Å². The molecule has 9 nitrogen and oxygen atoms in total. The molecule has 1 aromatic heterocycles. The average Bonchev–Trinajstić information content (AvgIpc) is 2.90. The zero-order valence-electron chi connectivity index (χ0n) is 9.85. The van der Waals surface area contributed by atoms with Crippen molar-refractivity contribution in [1.82, 2.24) is 25.1 Å². The lowest BCUT2D eigenvalue weighted by Gasteiger charge is -2.33. The third-order valence-corrected chi connectivity index (χ3v) is 2.61. The van der Waals surface area contributed by atoms with Crippen molar-refractivity contribution >= 4 is 11.9 Å². The van der Waals surface area contributed by atoms with Gasteiger partial charge in [0.25, 0.3) is 0 Å². The summed E-state index contributed by atoms with van der Waals surface area (Å²) in [6.45, 7) is 0.879. The summed E-state index contributed by atoms with van der Waals surface area (Å²) in [5.41, 5.74) is 0.